The molecular weight excluding hydrogens is 434 g/mol. The van der Waals surface area contributed by atoms with Crippen molar-refractivity contribution in [2.24, 2.45) is 0 Å². The number of aromatic nitrogens is 3. The van der Waals surface area contributed by atoms with Gasteiger partial charge in [0.05, 0.1) is 22.9 Å². The van der Waals surface area contributed by atoms with Crippen molar-refractivity contribution in [3.63, 3.8) is 0 Å². The molecule has 1 aliphatic carbocycles. The molecule has 3 aromatic carbocycles. The standard InChI is InChI=1S/C29H27N5O/c35-29(32-23-16-17-23)22-14-12-21(13-15-22)26-19-31-28-27(30-18-6-9-20-7-2-1-3-8-20)33-24-10-4-5-11-25(24)34(26)28/h1-5,7-8,10-15,19,23H,6,9,16-18H2,(H,30,33)(H,32,35). The SMILES string of the molecule is O=C(NC1CC1)c1ccc(-c2cnc3c(NCCCc4ccccc4)nc4ccccc4n23)cc1. The molecule has 2 heterocycles. The molecule has 6 heteroatoms. The van der Waals surface area contributed by atoms with Crippen LogP contribution >= 0.6 is 0 Å². The quantitative estimate of drug-likeness (QED) is 0.300. The van der Waals surface area contributed by atoms with E-state index in [1.165, 1.54) is 5.56 Å². The van der Waals surface area contributed by atoms with Gasteiger partial charge in [-0.05, 0) is 55.5 Å². The molecule has 35 heavy (non-hydrogen) atoms. The Labute approximate surface area is 204 Å². The number of nitrogens with one attached hydrogen (secondary N) is 2. The minimum atomic E-state index is -0.00571. The summed E-state index contributed by atoms with van der Waals surface area (Å²) in [7, 11) is 0. The molecule has 0 spiro atoms. The summed E-state index contributed by atoms with van der Waals surface area (Å²) >= 11 is 0. The van der Waals surface area contributed by atoms with Crippen LogP contribution in [0.2, 0.25) is 0 Å². The number of hydrogen-bond donors (Lipinski definition) is 2. The van der Waals surface area contributed by atoms with Crippen LogP contribution in [0.3, 0.4) is 0 Å². The van der Waals surface area contributed by atoms with E-state index in [4.69, 9.17) is 9.97 Å². The van der Waals surface area contributed by atoms with E-state index in [2.05, 4.69) is 45.4 Å². The second-order valence-corrected chi connectivity index (χ2v) is 9.09. The number of amides is 1. The first-order valence-corrected chi connectivity index (χ1v) is 12.2. The van der Waals surface area contributed by atoms with Crippen LogP contribution in [0.25, 0.3) is 27.9 Å². The van der Waals surface area contributed by atoms with E-state index in [1.54, 1.807) is 0 Å². The second-order valence-electron chi connectivity index (χ2n) is 9.09. The number of para-hydroxylation sites is 2. The van der Waals surface area contributed by atoms with Crippen LogP contribution in [0.1, 0.15) is 35.2 Å². The molecule has 5 aromatic rings. The van der Waals surface area contributed by atoms with Crippen molar-refractivity contribution in [2.45, 2.75) is 31.7 Å². The van der Waals surface area contributed by atoms with Crippen LogP contribution in [0.4, 0.5) is 5.82 Å². The van der Waals surface area contributed by atoms with Gasteiger partial charge in [0.1, 0.15) is 0 Å². The fraction of sp³-hybridized carbons (Fsp3) is 0.207. The van der Waals surface area contributed by atoms with Gasteiger partial charge in [0.15, 0.2) is 11.5 Å². The molecule has 1 aliphatic rings. The molecule has 0 bridgehead atoms. The fourth-order valence-electron chi connectivity index (χ4n) is 4.44. The molecule has 0 atom stereocenters. The number of benzene rings is 3. The summed E-state index contributed by atoms with van der Waals surface area (Å²) in [5, 5.41) is 6.56. The topological polar surface area (TPSA) is 71.3 Å². The molecule has 2 aromatic heterocycles. The van der Waals surface area contributed by atoms with Gasteiger partial charge in [0, 0.05) is 23.7 Å². The third kappa shape index (κ3) is 4.47. The van der Waals surface area contributed by atoms with E-state index in [9.17, 15) is 4.79 Å². The summed E-state index contributed by atoms with van der Waals surface area (Å²) in [4.78, 5) is 22.0. The number of anilines is 1. The molecule has 1 amide bonds. The summed E-state index contributed by atoms with van der Waals surface area (Å²) in [6.07, 6.45) is 6.06. The molecule has 1 saturated carbocycles. The van der Waals surface area contributed by atoms with Gasteiger partial charge in [-0.25, -0.2) is 9.97 Å². The second kappa shape index (κ2) is 9.22. The summed E-state index contributed by atoms with van der Waals surface area (Å²) in [5.41, 5.74) is 6.71. The third-order valence-corrected chi connectivity index (χ3v) is 6.46. The Hall–Kier alpha value is -4.19. The van der Waals surface area contributed by atoms with Gasteiger partial charge in [-0.15, -0.1) is 0 Å². The van der Waals surface area contributed by atoms with E-state index in [-0.39, 0.29) is 5.91 Å². The number of aryl methyl sites for hydroxylation is 1. The Morgan fingerprint density at radius 2 is 1.71 bits per heavy atom. The normalized spacial score (nSPS) is 13.3. The van der Waals surface area contributed by atoms with Crippen LogP contribution in [-0.2, 0) is 6.42 Å². The average molecular weight is 462 g/mol. The Bertz CT molecular complexity index is 1490. The van der Waals surface area contributed by atoms with Gasteiger partial charge in [-0.3, -0.25) is 9.20 Å². The number of hydrogen-bond acceptors (Lipinski definition) is 4. The van der Waals surface area contributed by atoms with E-state index in [0.717, 1.165) is 66.0 Å². The van der Waals surface area contributed by atoms with Crippen molar-refractivity contribution in [2.75, 3.05) is 11.9 Å². The number of imidazole rings is 1. The molecule has 6 nitrogen and oxygen atoms in total. The molecular formula is C29H27N5O. The first-order chi connectivity index (χ1) is 17.3. The molecule has 6 rings (SSSR count). The Balaban J connectivity index is 1.29. The van der Waals surface area contributed by atoms with Crippen LogP contribution in [-0.4, -0.2) is 32.9 Å². The lowest BCUT2D eigenvalue weighted by Crippen LogP contribution is -2.25. The Morgan fingerprint density at radius 3 is 2.51 bits per heavy atom. The lowest BCUT2D eigenvalue weighted by atomic mass is 10.1. The predicted octanol–water partition coefficient (Wildman–Crippen LogP) is 5.49. The van der Waals surface area contributed by atoms with Crippen LogP contribution in [0.15, 0.2) is 85.1 Å². The van der Waals surface area contributed by atoms with Gasteiger partial charge in [-0.2, -0.15) is 0 Å². The van der Waals surface area contributed by atoms with Crippen LogP contribution < -0.4 is 10.6 Å². The van der Waals surface area contributed by atoms with Gasteiger partial charge in [0.25, 0.3) is 5.91 Å². The summed E-state index contributed by atoms with van der Waals surface area (Å²) in [6, 6.07) is 26.7. The third-order valence-electron chi connectivity index (χ3n) is 6.46. The lowest BCUT2D eigenvalue weighted by Gasteiger charge is -2.12. The monoisotopic (exact) mass is 461 g/mol. The minimum absolute atomic E-state index is 0.00571. The van der Waals surface area contributed by atoms with Crippen molar-refractivity contribution in [3.8, 4) is 11.3 Å². The Morgan fingerprint density at radius 1 is 0.943 bits per heavy atom. The van der Waals surface area contributed by atoms with E-state index in [0.29, 0.717) is 11.6 Å². The van der Waals surface area contributed by atoms with Gasteiger partial charge in [-0.1, -0.05) is 54.6 Å². The number of nitrogens with zero attached hydrogens (tertiary/aromatic N) is 3. The summed E-state index contributed by atoms with van der Waals surface area (Å²) in [5.74, 6) is 0.775. The number of fused-ring (bicyclic) bond motifs is 3. The fourth-order valence-corrected chi connectivity index (χ4v) is 4.44. The zero-order valence-corrected chi connectivity index (χ0v) is 19.4. The summed E-state index contributed by atoms with van der Waals surface area (Å²) < 4.78 is 2.15. The molecule has 2 N–H and O–H groups in total. The Kier molecular flexibility index (Phi) is 5.62. The molecule has 0 saturated heterocycles. The van der Waals surface area contributed by atoms with Crippen molar-refractivity contribution in [1.29, 1.82) is 0 Å². The first-order valence-electron chi connectivity index (χ1n) is 12.2. The van der Waals surface area contributed by atoms with Gasteiger partial charge < -0.3 is 10.6 Å². The predicted molar refractivity (Wildman–Crippen MR) is 140 cm³/mol. The van der Waals surface area contributed by atoms with Gasteiger partial charge in [0.2, 0.25) is 0 Å². The highest BCUT2D eigenvalue weighted by atomic mass is 16.1. The van der Waals surface area contributed by atoms with Crippen molar-refractivity contribution in [3.05, 3.63) is 96.2 Å². The zero-order valence-electron chi connectivity index (χ0n) is 19.4. The summed E-state index contributed by atoms with van der Waals surface area (Å²) in [6.45, 7) is 0.808. The van der Waals surface area contributed by atoms with Gasteiger partial charge >= 0.3 is 0 Å². The van der Waals surface area contributed by atoms with E-state index in [1.807, 2.05) is 54.7 Å². The maximum Gasteiger partial charge on any atom is 0.251 e. The van der Waals surface area contributed by atoms with Crippen LogP contribution in [0, 0.1) is 0 Å². The highest BCUT2D eigenvalue weighted by Gasteiger charge is 2.23. The van der Waals surface area contributed by atoms with Crippen molar-refractivity contribution in [1.82, 2.24) is 19.7 Å². The molecule has 0 unspecified atom stereocenters. The van der Waals surface area contributed by atoms with E-state index >= 15 is 0 Å². The maximum absolute atomic E-state index is 12.4. The maximum atomic E-state index is 12.4. The lowest BCUT2D eigenvalue weighted by molar-refractivity contribution is 0.0951. The smallest absolute Gasteiger partial charge is 0.251 e. The zero-order chi connectivity index (χ0) is 23.6. The molecule has 0 aliphatic heterocycles. The molecule has 1 fully saturated rings. The highest BCUT2D eigenvalue weighted by Crippen LogP contribution is 2.29. The minimum Gasteiger partial charge on any atom is -0.367 e. The molecule has 174 valence electrons. The average Bonchev–Trinajstić information content (AvgIpc) is 3.60. The van der Waals surface area contributed by atoms with Crippen LogP contribution in [0.5, 0.6) is 0 Å². The number of carbonyl (C=O) groups is 1. The number of rotatable bonds is 8. The number of carbonyl (C=O) groups excluding carboxylic acids is 1. The van der Waals surface area contributed by atoms with Crippen molar-refractivity contribution >= 4 is 28.4 Å². The molecule has 0 radical (unpaired) electrons. The highest BCUT2D eigenvalue weighted by molar-refractivity contribution is 5.95. The largest absolute Gasteiger partial charge is 0.367 e. The first kappa shape index (κ1) is 21.4. The van der Waals surface area contributed by atoms with Crippen molar-refractivity contribution < 1.29 is 4.79 Å². The van der Waals surface area contributed by atoms with E-state index < -0.39 is 0 Å².